The highest BCUT2D eigenvalue weighted by atomic mass is 79.9. The largest absolute Gasteiger partial charge is 0.348 e. The van der Waals surface area contributed by atoms with Crippen molar-refractivity contribution in [1.29, 1.82) is 0 Å². The minimum atomic E-state index is -0.199. The number of aromatic nitrogens is 1. The quantitative estimate of drug-likeness (QED) is 0.925. The molecule has 1 aromatic carbocycles. The number of halogens is 2. The van der Waals surface area contributed by atoms with Crippen molar-refractivity contribution in [1.82, 2.24) is 10.3 Å². The van der Waals surface area contributed by atoms with Crippen molar-refractivity contribution in [3.8, 4) is 0 Å². The van der Waals surface area contributed by atoms with Gasteiger partial charge in [-0.25, -0.2) is 0 Å². The van der Waals surface area contributed by atoms with Gasteiger partial charge < -0.3 is 5.32 Å². The molecule has 0 aliphatic heterocycles. The fourth-order valence-electron chi connectivity index (χ4n) is 1.62. The van der Waals surface area contributed by atoms with Crippen LogP contribution in [0.1, 0.15) is 21.5 Å². The highest BCUT2D eigenvalue weighted by Gasteiger charge is 2.11. The first-order valence-corrected chi connectivity index (χ1v) is 6.88. The summed E-state index contributed by atoms with van der Waals surface area (Å²) < 4.78 is 0.819. The van der Waals surface area contributed by atoms with Crippen LogP contribution in [0.25, 0.3) is 0 Å². The van der Waals surface area contributed by atoms with E-state index in [9.17, 15) is 4.79 Å². The number of hydrogen-bond acceptors (Lipinski definition) is 2. The van der Waals surface area contributed by atoms with Crippen molar-refractivity contribution in [2.45, 2.75) is 13.5 Å². The smallest absolute Gasteiger partial charge is 0.253 e. The monoisotopic (exact) mass is 338 g/mol. The molecule has 0 spiro atoms. The zero-order valence-corrected chi connectivity index (χ0v) is 12.6. The van der Waals surface area contributed by atoms with Crippen molar-refractivity contribution < 1.29 is 4.79 Å². The summed E-state index contributed by atoms with van der Waals surface area (Å²) in [5.41, 5.74) is 2.54. The summed E-state index contributed by atoms with van der Waals surface area (Å²) in [6.45, 7) is 2.41. The molecule has 1 aromatic heterocycles. The van der Waals surface area contributed by atoms with Gasteiger partial charge in [0.05, 0.1) is 10.6 Å². The van der Waals surface area contributed by atoms with E-state index in [1.807, 2.05) is 13.0 Å². The molecule has 19 heavy (non-hydrogen) atoms. The molecule has 0 saturated carbocycles. The average Bonchev–Trinajstić information content (AvgIpc) is 2.40. The number of nitrogens with one attached hydrogen (secondary N) is 1. The first kappa shape index (κ1) is 14.0. The highest BCUT2D eigenvalue weighted by molar-refractivity contribution is 9.10. The summed E-state index contributed by atoms with van der Waals surface area (Å²) in [7, 11) is 0. The molecule has 0 atom stereocenters. The molecule has 0 fully saturated rings. The summed E-state index contributed by atoms with van der Waals surface area (Å²) in [4.78, 5) is 16.1. The Morgan fingerprint density at radius 2 is 2.21 bits per heavy atom. The molecule has 0 saturated heterocycles. The molecule has 1 heterocycles. The molecule has 1 amide bonds. The third kappa shape index (κ3) is 3.55. The molecule has 1 N–H and O–H groups in total. The molecule has 98 valence electrons. The van der Waals surface area contributed by atoms with Crippen molar-refractivity contribution in [3.63, 3.8) is 0 Å². The molecule has 2 aromatic rings. The molecule has 0 radical (unpaired) electrons. The fraction of sp³-hybridized carbons (Fsp3) is 0.143. The Bertz CT molecular complexity index is 616. The Morgan fingerprint density at radius 1 is 1.42 bits per heavy atom. The van der Waals surface area contributed by atoms with E-state index in [-0.39, 0.29) is 5.91 Å². The van der Waals surface area contributed by atoms with Crippen LogP contribution in [-0.4, -0.2) is 10.9 Å². The fourth-order valence-corrected chi connectivity index (χ4v) is 2.19. The normalized spacial score (nSPS) is 10.3. The summed E-state index contributed by atoms with van der Waals surface area (Å²) in [6.07, 6.45) is 3.48. The zero-order valence-electron chi connectivity index (χ0n) is 10.3. The van der Waals surface area contributed by atoms with Gasteiger partial charge in [0.25, 0.3) is 5.91 Å². The number of carbonyl (C=O) groups is 1. The number of nitrogens with zero attached hydrogens (tertiary/aromatic N) is 1. The van der Waals surface area contributed by atoms with Crippen LogP contribution in [0.4, 0.5) is 0 Å². The topological polar surface area (TPSA) is 42.0 Å². The van der Waals surface area contributed by atoms with E-state index in [4.69, 9.17) is 11.6 Å². The third-order valence-electron chi connectivity index (χ3n) is 2.76. The summed E-state index contributed by atoms with van der Waals surface area (Å²) in [5.74, 6) is -0.199. The van der Waals surface area contributed by atoms with Gasteiger partial charge in [-0.3, -0.25) is 9.78 Å². The van der Waals surface area contributed by atoms with Gasteiger partial charge in [0, 0.05) is 23.4 Å². The molecule has 0 aliphatic rings. The second-order valence-corrected chi connectivity index (χ2v) is 5.43. The van der Waals surface area contributed by atoms with Crippen LogP contribution in [0.2, 0.25) is 5.02 Å². The lowest BCUT2D eigenvalue weighted by Crippen LogP contribution is -2.23. The van der Waals surface area contributed by atoms with Crippen molar-refractivity contribution >= 4 is 33.4 Å². The number of rotatable bonds is 3. The number of carbonyl (C=O) groups excluding carboxylic acids is 1. The molecule has 0 bridgehead atoms. The van der Waals surface area contributed by atoms with Crippen LogP contribution in [0.15, 0.2) is 41.1 Å². The first-order valence-electron chi connectivity index (χ1n) is 5.70. The lowest BCUT2D eigenvalue weighted by atomic mass is 10.1. The highest BCUT2D eigenvalue weighted by Crippen LogP contribution is 2.21. The van der Waals surface area contributed by atoms with Crippen LogP contribution in [0.5, 0.6) is 0 Å². The van der Waals surface area contributed by atoms with Gasteiger partial charge in [0.2, 0.25) is 0 Å². The summed E-state index contributed by atoms with van der Waals surface area (Å²) >= 11 is 9.33. The lowest BCUT2D eigenvalue weighted by molar-refractivity contribution is 0.0951. The Hall–Kier alpha value is -1.39. The molecule has 0 aliphatic carbocycles. The van der Waals surface area contributed by atoms with E-state index >= 15 is 0 Å². The number of amides is 1. The number of pyridine rings is 1. The van der Waals surface area contributed by atoms with Gasteiger partial charge in [-0.15, -0.1) is 0 Å². The Kier molecular flexibility index (Phi) is 4.56. The van der Waals surface area contributed by atoms with Crippen LogP contribution in [0, 0.1) is 6.92 Å². The predicted molar refractivity (Wildman–Crippen MR) is 79.3 cm³/mol. The summed E-state index contributed by atoms with van der Waals surface area (Å²) in [5, 5.41) is 3.27. The van der Waals surface area contributed by atoms with E-state index in [0.717, 1.165) is 15.6 Å². The molecular weight excluding hydrogens is 328 g/mol. The predicted octanol–water partition coefficient (Wildman–Crippen LogP) is 3.74. The van der Waals surface area contributed by atoms with Crippen LogP contribution < -0.4 is 5.32 Å². The van der Waals surface area contributed by atoms with E-state index in [1.54, 1.807) is 30.6 Å². The summed E-state index contributed by atoms with van der Waals surface area (Å²) in [6, 6.07) is 7.10. The lowest BCUT2D eigenvalue weighted by Gasteiger charge is -2.08. The maximum absolute atomic E-state index is 12.1. The maximum atomic E-state index is 12.1. The third-order valence-corrected chi connectivity index (χ3v) is 3.58. The van der Waals surface area contributed by atoms with E-state index in [0.29, 0.717) is 17.1 Å². The van der Waals surface area contributed by atoms with E-state index in [1.165, 1.54) is 0 Å². The van der Waals surface area contributed by atoms with E-state index < -0.39 is 0 Å². The molecular formula is C14H12BrClN2O. The van der Waals surface area contributed by atoms with Gasteiger partial charge in [-0.1, -0.05) is 27.5 Å². The Labute approximate surface area is 125 Å². The van der Waals surface area contributed by atoms with Gasteiger partial charge >= 0.3 is 0 Å². The van der Waals surface area contributed by atoms with Gasteiger partial charge in [-0.05, 0) is 42.3 Å². The standard InChI is InChI=1S/C14H12BrClN2O/c1-9-4-5-17-7-10(9)8-18-14(19)12-6-11(15)2-3-13(12)16/h2-7H,8H2,1H3,(H,18,19). The van der Waals surface area contributed by atoms with Crippen LogP contribution >= 0.6 is 27.5 Å². The van der Waals surface area contributed by atoms with Crippen LogP contribution in [0.3, 0.4) is 0 Å². The molecule has 2 rings (SSSR count). The van der Waals surface area contributed by atoms with Crippen molar-refractivity contribution in [2.24, 2.45) is 0 Å². The van der Waals surface area contributed by atoms with E-state index in [2.05, 4.69) is 26.2 Å². The maximum Gasteiger partial charge on any atom is 0.253 e. The average molecular weight is 340 g/mol. The molecule has 0 unspecified atom stereocenters. The SMILES string of the molecule is Cc1ccncc1CNC(=O)c1cc(Br)ccc1Cl. The van der Waals surface area contributed by atoms with Gasteiger partial charge in [0.15, 0.2) is 0 Å². The number of benzene rings is 1. The van der Waals surface area contributed by atoms with Crippen molar-refractivity contribution in [3.05, 3.63) is 62.8 Å². The second kappa shape index (κ2) is 6.17. The first-order chi connectivity index (χ1) is 9.08. The number of hydrogen-bond donors (Lipinski definition) is 1. The van der Waals surface area contributed by atoms with Gasteiger partial charge in [0.1, 0.15) is 0 Å². The Morgan fingerprint density at radius 3 is 2.95 bits per heavy atom. The number of aryl methyl sites for hydroxylation is 1. The molecule has 3 nitrogen and oxygen atoms in total. The zero-order chi connectivity index (χ0) is 13.8. The minimum absolute atomic E-state index is 0.199. The molecule has 5 heteroatoms. The Balaban J connectivity index is 2.10. The van der Waals surface area contributed by atoms with Crippen LogP contribution in [-0.2, 0) is 6.54 Å². The minimum Gasteiger partial charge on any atom is -0.348 e. The van der Waals surface area contributed by atoms with Crippen molar-refractivity contribution in [2.75, 3.05) is 0 Å². The second-order valence-electron chi connectivity index (χ2n) is 4.11. The van der Waals surface area contributed by atoms with Gasteiger partial charge in [-0.2, -0.15) is 0 Å².